The first kappa shape index (κ1) is 10.9. The van der Waals surface area contributed by atoms with Crippen molar-refractivity contribution in [1.29, 1.82) is 0 Å². The first-order valence-corrected chi connectivity index (χ1v) is 4.49. The molecule has 0 aliphatic rings. The van der Waals surface area contributed by atoms with Crippen molar-refractivity contribution in [2.24, 2.45) is 0 Å². The third-order valence-corrected chi connectivity index (χ3v) is 1.52. The van der Waals surface area contributed by atoms with Gasteiger partial charge in [0.15, 0.2) is 0 Å². The number of hydrogen-bond donors (Lipinski definition) is 1. The second-order valence-corrected chi connectivity index (χ2v) is 3.88. The molecule has 68 valence electrons. The Morgan fingerprint density at radius 3 is 1.27 bits per heavy atom. The van der Waals surface area contributed by atoms with E-state index in [1.54, 1.807) is 0 Å². The number of rotatable bonds is 4. The summed E-state index contributed by atoms with van der Waals surface area (Å²) in [7, 11) is 0. The summed E-state index contributed by atoms with van der Waals surface area (Å²) in [5.74, 6) is 0. The van der Waals surface area contributed by atoms with Gasteiger partial charge in [-0.15, -0.1) is 0 Å². The largest absolute Gasteiger partial charge is 0.252 e. The van der Waals surface area contributed by atoms with Crippen LogP contribution in [0.2, 0.25) is 0 Å². The van der Waals surface area contributed by atoms with Crippen LogP contribution in [0.4, 0.5) is 0 Å². The Morgan fingerprint density at radius 1 is 0.818 bits per heavy atom. The molecule has 1 N–H and O–H groups in total. The van der Waals surface area contributed by atoms with Crippen molar-refractivity contribution >= 4 is 0 Å². The zero-order valence-corrected chi connectivity index (χ0v) is 8.68. The molecule has 0 aliphatic heterocycles. The lowest BCUT2D eigenvalue weighted by molar-refractivity contribution is 0.0880. The summed E-state index contributed by atoms with van der Waals surface area (Å²) in [5.41, 5.74) is 3.41. The Balaban J connectivity index is 3.90. The molecule has 0 saturated heterocycles. The third-order valence-electron chi connectivity index (χ3n) is 1.52. The van der Waals surface area contributed by atoms with E-state index in [0.29, 0.717) is 18.1 Å². The van der Waals surface area contributed by atoms with Crippen molar-refractivity contribution in [2.45, 2.75) is 59.7 Å². The Kier molecular flexibility index (Phi) is 4.69. The second-order valence-electron chi connectivity index (χ2n) is 3.88. The van der Waals surface area contributed by atoms with Crippen LogP contribution in [0, 0.1) is 0 Å². The summed E-state index contributed by atoms with van der Waals surface area (Å²) < 4.78 is 0. The smallest absolute Gasteiger partial charge is 0.0190 e. The predicted molar refractivity (Wildman–Crippen MR) is 50.4 cm³/mol. The SMILES string of the molecule is CC(C)NN(C(C)C)C(C)C. The first-order valence-electron chi connectivity index (χ1n) is 4.49. The Bertz CT molecular complexity index is 89.7. The van der Waals surface area contributed by atoms with E-state index in [-0.39, 0.29) is 0 Å². The standard InChI is InChI=1S/C9H22N2/c1-7(2)10-11(8(3)4)9(5)6/h7-10H,1-6H3. The maximum Gasteiger partial charge on any atom is 0.0190 e. The Hall–Kier alpha value is -0.0800. The van der Waals surface area contributed by atoms with Gasteiger partial charge in [0, 0.05) is 18.1 Å². The number of hydrogen-bond acceptors (Lipinski definition) is 2. The van der Waals surface area contributed by atoms with Gasteiger partial charge in [0.05, 0.1) is 0 Å². The van der Waals surface area contributed by atoms with Gasteiger partial charge in [-0.2, -0.15) is 0 Å². The zero-order valence-electron chi connectivity index (χ0n) is 8.68. The van der Waals surface area contributed by atoms with Gasteiger partial charge in [-0.25, -0.2) is 5.01 Å². The van der Waals surface area contributed by atoms with E-state index in [2.05, 4.69) is 52.0 Å². The van der Waals surface area contributed by atoms with Crippen molar-refractivity contribution in [2.75, 3.05) is 0 Å². The minimum atomic E-state index is 0.528. The molecule has 0 aromatic heterocycles. The van der Waals surface area contributed by atoms with Crippen LogP contribution in [0.15, 0.2) is 0 Å². The monoisotopic (exact) mass is 158 g/mol. The van der Waals surface area contributed by atoms with Crippen molar-refractivity contribution in [3.63, 3.8) is 0 Å². The van der Waals surface area contributed by atoms with Crippen LogP contribution < -0.4 is 5.43 Å². The van der Waals surface area contributed by atoms with Crippen molar-refractivity contribution in [3.8, 4) is 0 Å². The highest BCUT2D eigenvalue weighted by Crippen LogP contribution is 2.01. The van der Waals surface area contributed by atoms with Crippen molar-refractivity contribution < 1.29 is 0 Å². The van der Waals surface area contributed by atoms with Gasteiger partial charge in [0.25, 0.3) is 0 Å². The van der Waals surface area contributed by atoms with E-state index in [9.17, 15) is 0 Å². The molecule has 0 aromatic rings. The van der Waals surface area contributed by atoms with E-state index < -0.39 is 0 Å². The van der Waals surface area contributed by atoms with Gasteiger partial charge in [-0.3, -0.25) is 5.43 Å². The van der Waals surface area contributed by atoms with Crippen LogP contribution in [-0.4, -0.2) is 23.1 Å². The molecule has 0 rings (SSSR count). The van der Waals surface area contributed by atoms with E-state index in [4.69, 9.17) is 0 Å². The van der Waals surface area contributed by atoms with Crippen LogP contribution in [0.3, 0.4) is 0 Å². The summed E-state index contributed by atoms with van der Waals surface area (Å²) in [4.78, 5) is 0. The summed E-state index contributed by atoms with van der Waals surface area (Å²) >= 11 is 0. The molecule has 0 spiro atoms. The van der Waals surface area contributed by atoms with Crippen LogP contribution in [-0.2, 0) is 0 Å². The fourth-order valence-electron chi connectivity index (χ4n) is 1.19. The molecule has 0 bridgehead atoms. The van der Waals surface area contributed by atoms with Gasteiger partial charge < -0.3 is 0 Å². The predicted octanol–water partition coefficient (Wildman–Crippen LogP) is 2.02. The maximum atomic E-state index is 3.41. The minimum absolute atomic E-state index is 0.528. The lowest BCUT2D eigenvalue weighted by Gasteiger charge is -2.32. The van der Waals surface area contributed by atoms with Crippen LogP contribution in [0.5, 0.6) is 0 Å². The Morgan fingerprint density at radius 2 is 1.18 bits per heavy atom. The van der Waals surface area contributed by atoms with Gasteiger partial charge in [-0.05, 0) is 41.5 Å². The summed E-state index contributed by atoms with van der Waals surface area (Å²) in [5, 5.41) is 2.28. The Labute approximate surface area is 70.9 Å². The topological polar surface area (TPSA) is 15.3 Å². The molecule has 2 heteroatoms. The van der Waals surface area contributed by atoms with Gasteiger partial charge in [-0.1, -0.05) is 0 Å². The lowest BCUT2D eigenvalue weighted by Crippen LogP contribution is -2.50. The number of nitrogens with zero attached hydrogens (tertiary/aromatic N) is 1. The quantitative estimate of drug-likeness (QED) is 0.630. The summed E-state index contributed by atoms with van der Waals surface area (Å²) in [6.45, 7) is 13.1. The van der Waals surface area contributed by atoms with Gasteiger partial charge >= 0.3 is 0 Å². The molecule has 11 heavy (non-hydrogen) atoms. The number of hydrazine groups is 1. The molecular formula is C9H22N2. The van der Waals surface area contributed by atoms with Gasteiger partial charge in [0.1, 0.15) is 0 Å². The summed E-state index contributed by atoms with van der Waals surface area (Å²) in [6, 6.07) is 1.66. The first-order chi connectivity index (χ1) is 4.95. The van der Waals surface area contributed by atoms with E-state index >= 15 is 0 Å². The van der Waals surface area contributed by atoms with E-state index in [1.165, 1.54) is 0 Å². The number of nitrogens with one attached hydrogen (secondary N) is 1. The molecule has 0 aliphatic carbocycles. The normalized spacial score (nSPS) is 12.5. The average Bonchev–Trinajstić information content (AvgIpc) is 1.81. The molecule has 0 fully saturated rings. The van der Waals surface area contributed by atoms with Crippen LogP contribution in [0.1, 0.15) is 41.5 Å². The second kappa shape index (κ2) is 4.73. The van der Waals surface area contributed by atoms with Gasteiger partial charge in [0.2, 0.25) is 0 Å². The highest BCUT2D eigenvalue weighted by Gasteiger charge is 2.12. The van der Waals surface area contributed by atoms with Crippen molar-refractivity contribution in [3.05, 3.63) is 0 Å². The average molecular weight is 158 g/mol. The maximum absolute atomic E-state index is 3.41. The fraction of sp³-hybridized carbons (Fsp3) is 1.00. The molecule has 0 radical (unpaired) electrons. The third kappa shape index (κ3) is 4.38. The molecular weight excluding hydrogens is 136 g/mol. The molecule has 0 heterocycles. The fourth-order valence-corrected chi connectivity index (χ4v) is 1.19. The van der Waals surface area contributed by atoms with Crippen LogP contribution >= 0.6 is 0 Å². The van der Waals surface area contributed by atoms with Crippen molar-refractivity contribution in [1.82, 2.24) is 10.4 Å². The summed E-state index contributed by atoms with van der Waals surface area (Å²) in [6.07, 6.45) is 0. The molecule has 2 nitrogen and oxygen atoms in total. The van der Waals surface area contributed by atoms with E-state index in [0.717, 1.165) is 0 Å². The highest BCUT2D eigenvalue weighted by molar-refractivity contribution is 4.64. The molecule has 0 atom stereocenters. The van der Waals surface area contributed by atoms with Crippen LogP contribution in [0.25, 0.3) is 0 Å². The van der Waals surface area contributed by atoms with E-state index in [1.807, 2.05) is 0 Å². The zero-order chi connectivity index (χ0) is 9.02. The molecule has 0 amide bonds. The minimum Gasteiger partial charge on any atom is -0.252 e. The molecule has 0 saturated carbocycles. The lowest BCUT2D eigenvalue weighted by atomic mass is 10.3. The molecule has 0 aromatic carbocycles. The molecule has 0 unspecified atom stereocenters. The highest BCUT2D eigenvalue weighted by atomic mass is 15.5.